The van der Waals surface area contributed by atoms with E-state index >= 15 is 0 Å². The van der Waals surface area contributed by atoms with Crippen LogP contribution in [0.1, 0.15) is 25.2 Å². The van der Waals surface area contributed by atoms with Crippen molar-refractivity contribution in [2.45, 2.75) is 40.3 Å². The normalized spacial score (nSPS) is 15.8. The highest BCUT2D eigenvalue weighted by Crippen LogP contribution is 2.33. The molecule has 3 aromatic rings. The zero-order chi connectivity index (χ0) is 19.7. The summed E-state index contributed by atoms with van der Waals surface area (Å²) < 4.78 is 14.3. The largest absolute Gasteiger partial charge is 0.486 e. The van der Waals surface area contributed by atoms with Crippen LogP contribution in [0.15, 0.2) is 35.7 Å². The van der Waals surface area contributed by atoms with E-state index in [1.165, 1.54) is 17.0 Å². The van der Waals surface area contributed by atoms with Crippen LogP contribution in [-0.2, 0) is 6.54 Å². The predicted molar refractivity (Wildman–Crippen MR) is 115 cm³/mol. The highest BCUT2D eigenvalue weighted by Gasteiger charge is 2.23. The summed E-state index contributed by atoms with van der Waals surface area (Å²) in [6.07, 6.45) is -0.00810. The van der Waals surface area contributed by atoms with Crippen molar-refractivity contribution in [2.75, 3.05) is 18.5 Å². The number of ether oxygens (including phenoxy) is 2. The van der Waals surface area contributed by atoms with E-state index in [2.05, 4.69) is 49.0 Å². The molecule has 0 spiro atoms. The SMILES string of the molecule is Cc1cc(-c2csc(NCC(C)C)n2)c(C)n1C[C@H]1COc2ccccc2O1. The van der Waals surface area contributed by atoms with Gasteiger partial charge in [0.2, 0.25) is 0 Å². The van der Waals surface area contributed by atoms with Crippen LogP contribution in [0.2, 0.25) is 0 Å². The Labute approximate surface area is 170 Å². The topological polar surface area (TPSA) is 48.3 Å². The quantitative estimate of drug-likeness (QED) is 0.626. The van der Waals surface area contributed by atoms with Crippen molar-refractivity contribution in [1.82, 2.24) is 9.55 Å². The third-order valence-corrected chi connectivity index (χ3v) is 5.77. The van der Waals surface area contributed by atoms with Gasteiger partial charge in [0.05, 0.1) is 12.2 Å². The third-order valence-electron chi connectivity index (χ3n) is 4.97. The smallest absolute Gasteiger partial charge is 0.183 e. The van der Waals surface area contributed by atoms with E-state index in [0.717, 1.165) is 35.4 Å². The predicted octanol–water partition coefficient (Wildman–Crippen LogP) is 5.14. The van der Waals surface area contributed by atoms with Crippen molar-refractivity contribution in [2.24, 2.45) is 5.92 Å². The van der Waals surface area contributed by atoms with E-state index in [4.69, 9.17) is 14.5 Å². The molecule has 0 aliphatic carbocycles. The van der Waals surface area contributed by atoms with Crippen molar-refractivity contribution in [3.8, 4) is 22.8 Å². The molecule has 0 fully saturated rings. The Kier molecular flexibility index (Phi) is 5.31. The second-order valence-electron chi connectivity index (χ2n) is 7.71. The summed E-state index contributed by atoms with van der Waals surface area (Å²) in [4.78, 5) is 4.78. The van der Waals surface area contributed by atoms with Gasteiger partial charge in [-0.2, -0.15) is 0 Å². The molecule has 0 saturated carbocycles. The maximum absolute atomic E-state index is 6.15. The van der Waals surface area contributed by atoms with Gasteiger partial charge < -0.3 is 19.4 Å². The van der Waals surface area contributed by atoms with Crippen LogP contribution in [0.3, 0.4) is 0 Å². The van der Waals surface area contributed by atoms with Gasteiger partial charge in [-0.25, -0.2) is 4.98 Å². The number of aromatic nitrogens is 2. The number of aryl methyl sites for hydroxylation is 1. The zero-order valence-electron chi connectivity index (χ0n) is 16.9. The molecule has 6 heteroatoms. The lowest BCUT2D eigenvalue weighted by molar-refractivity contribution is 0.0778. The first-order valence-electron chi connectivity index (χ1n) is 9.76. The molecule has 5 nitrogen and oxygen atoms in total. The molecule has 0 radical (unpaired) electrons. The number of hydrogen-bond donors (Lipinski definition) is 1. The summed E-state index contributed by atoms with van der Waals surface area (Å²) in [6.45, 7) is 10.9. The molecule has 1 aliphatic rings. The van der Waals surface area contributed by atoms with Crippen LogP contribution < -0.4 is 14.8 Å². The van der Waals surface area contributed by atoms with Gasteiger partial charge in [-0.15, -0.1) is 11.3 Å². The zero-order valence-corrected chi connectivity index (χ0v) is 17.7. The highest BCUT2D eigenvalue weighted by atomic mass is 32.1. The minimum atomic E-state index is -0.00810. The fourth-order valence-electron chi connectivity index (χ4n) is 3.47. The first-order valence-corrected chi connectivity index (χ1v) is 10.6. The number of nitrogens with one attached hydrogen (secondary N) is 1. The maximum atomic E-state index is 6.15. The van der Waals surface area contributed by atoms with Gasteiger partial charge in [0, 0.05) is 28.9 Å². The summed E-state index contributed by atoms with van der Waals surface area (Å²) in [5.74, 6) is 2.24. The van der Waals surface area contributed by atoms with E-state index < -0.39 is 0 Å². The number of rotatable bonds is 6. The van der Waals surface area contributed by atoms with Crippen molar-refractivity contribution >= 4 is 16.5 Å². The molecule has 1 aliphatic heterocycles. The second kappa shape index (κ2) is 7.87. The Morgan fingerprint density at radius 3 is 2.82 bits per heavy atom. The molecule has 3 heterocycles. The van der Waals surface area contributed by atoms with Crippen LogP contribution >= 0.6 is 11.3 Å². The minimum absolute atomic E-state index is 0.00810. The molecule has 1 atom stereocenters. The van der Waals surface area contributed by atoms with Crippen LogP contribution in [0.25, 0.3) is 11.3 Å². The summed E-state index contributed by atoms with van der Waals surface area (Å²) in [5, 5.41) is 6.53. The summed E-state index contributed by atoms with van der Waals surface area (Å²) >= 11 is 1.66. The molecular formula is C22H27N3O2S. The lowest BCUT2D eigenvalue weighted by Crippen LogP contribution is -2.33. The van der Waals surface area contributed by atoms with Crippen LogP contribution in [0, 0.1) is 19.8 Å². The maximum Gasteiger partial charge on any atom is 0.183 e. The molecule has 148 valence electrons. The molecule has 0 unspecified atom stereocenters. The fraction of sp³-hybridized carbons (Fsp3) is 0.409. The molecule has 28 heavy (non-hydrogen) atoms. The Balaban J connectivity index is 1.50. The number of para-hydroxylation sites is 2. The molecule has 1 aromatic carbocycles. The molecule has 0 saturated heterocycles. The average molecular weight is 398 g/mol. The van der Waals surface area contributed by atoms with E-state index in [9.17, 15) is 0 Å². The number of hydrogen-bond acceptors (Lipinski definition) is 5. The number of benzene rings is 1. The number of thiazole rings is 1. The fourth-order valence-corrected chi connectivity index (χ4v) is 4.19. The minimum Gasteiger partial charge on any atom is -0.486 e. The Morgan fingerprint density at radius 2 is 2.04 bits per heavy atom. The summed E-state index contributed by atoms with van der Waals surface area (Å²) in [5.41, 5.74) is 4.63. The Hall–Kier alpha value is -2.47. The second-order valence-corrected chi connectivity index (χ2v) is 8.56. The lowest BCUT2D eigenvalue weighted by atomic mass is 10.2. The molecule has 0 amide bonds. The summed E-state index contributed by atoms with van der Waals surface area (Å²) in [7, 11) is 0. The van der Waals surface area contributed by atoms with Crippen molar-refractivity contribution < 1.29 is 9.47 Å². The van der Waals surface area contributed by atoms with E-state index in [1.54, 1.807) is 11.3 Å². The number of fused-ring (bicyclic) bond motifs is 1. The summed E-state index contributed by atoms with van der Waals surface area (Å²) in [6, 6.07) is 10.1. The van der Waals surface area contributed by atoms with E-state index in [0.29, 0.717) is 12.5 Å². The highest BCUT2D eigenvalue weighted by molar-refractivity contribution is 7.14. The average Bonchev–Trinajstić information content (AvgIpc) is 3.26. The Morgan fingerprint density at radius 1 is 1.25 bits per heavy atom. The van der Waals surface area contributed by atoms with Gasteiger partial charge in [0.1, 0.15) is 6.61 Å². The lowest BCUT2D eigenvalue weighted by Gasteiger charge is -2.27. The molecule has 4 rings (SSSR count). The number of anilines is 1. The molecule has 1 N–H and O–H groups in total. The molecule has 0 bridgehead atoms. The van der Waals surface area contributed by atoms with Crippen molar-refractivity contribution in [3.63, 3.8) is 0 Å². The van der Waals surface area contributed by atoms with Crippen LogP contribution in [0.5, 0.6) is 11.5 Å². The standard InChI is InChI=1S/C22H27N3O2S/c1-14(2)10-23-22-24-19(13-28-22)18-9-15(3)25(16(18)4)11-17-12-26-20-7-5-6-8-21(20)27-17/h5-9,13-14,17H,10-12H2,1-4H3,(H,23,24)/t17-/m0/s1. The number of nitrogens with zero attached hydrogens (tertiary/aromatic N) is 2. The van der Waals surface area contributed by atoms with Gasteiger partial charge in [-0.05, 0) is 38.0 Å². The Bertz CT molecular complexity index is 961. The first-order chi connectivity index (χ1) is 13.5. The van der Waals surface area contributed by atoms with Gasteiger partial charge in [-0.3, -0.25) is 0 Å². The molecular weight excluding hydrogens is 370 g/mol. The van der Waals surface area contributed by atoms with E-state index in [-0.39, 0.29) is 6.10 Å². The van der Waals surface area contributed by atoms with Gasteiger partial charge in [0.25, 0.3) is 0 Å². The van der Waals surface area contributed by atoms with Gasteiger partial charge in [-0.1, -0.05) is 26.0 Å². The van der Waals surface area contributed by atoms with Crippen molar-refractivity contribution in [1.29, 1.82) is 0 Å². The first kappa shape index (κ1) is 18.9. The third kappa shape index (κ3) is 3.87. The van der Waals surface area contributed by atoms with Gasteiger partial charge in [0.15, 0.2) is 22.7 Å². The van der Waals surface area contributed by atoms with Crippen LogP contribution in [0.4, 0.5) is 5.13 Å². The van der Waals surface area contributed by atoms with Crippen molar-refractivity contribution in [3.05, 3.63) is 47.1 Å². The van der Waals surface area contributed by atoms with E-state index in [1.807, 2.05) is 24.3 Å². The molecule has 2 aromatic heterocycles. The van der Waals surface area contributed by atoms with Crippen LogP contribution in [-0.4, -0.2) is 28.8 Å². The monoisotopic (exact) mass is 397 g/mol. The van der Waals surface area contributed by atoms with Gasteiger partial charge >= 0.3 is 0 Å².